The zero-order chi connectivity index (χ0) is 84.4. The van der Waals surface area contributed by atoms with Crippen LogP contribution >= 0.6 is 62.3 Å². The van der Waals surface area contributed by atoms with Gasteiger partial charge in [0, 0.05) is 117 Å². The molecular weight excluding hydrogens is 1650 g/mol. The number of phenolic OH excluding ortho intramolecular Hbond substituents is 3. The lowest BCUT2D eigenvalue weighted by atomic mass is 10.1. The number of aromatic carboxylic acids is 1. The zero-order valence-electron chi connectivity index (χ0n) is 66.9. The van der Waals surface area contributed by atoms with Crippen LogP contribution in [0.5, 0.6) is 57.5 Å². The summed E-state index contributed by atoms with van der Waals surface area (Å²) >= 11 is 27.1. The highest BCUT2D eigenvalue weighted by atomic mass is 79.9. The maximum absolute atomic E-state index is 13.6. The van der Waals surface area contributed by atoms with Crippen molar-refractivity contribution in [2.24, 2.45) is 38.7 Å². The Morgan fingerprint density at radius 1 is 0.487 bits per heavy atom. The minimum Gasteiger partial charge on any atom is -0.506 e. The fraction of sp³-hybridized carbons (Fsp3) is 0.368. The quantitative estimate of drug-likeness (QED) is 0.0177. The van der Waals surface area contributed by atoms with Crippen LogP contribution in [-0.4, -0.2) is 133 Å². The molecule has 5 saturated carbocycles. The molecule has 0 aliphatic heterocycles. The molecule has 0 spiro atoms. The number of hydrogen-bond donors (Lipinski definition) is 7. The number of benzene rings is 7. The van der Waals surface area contributed by atoms with Gasteiger partial charge in [0.1, 0.15) is 80.9 Å². The standard InChI is InChI=1S/C24H26ClN3O4.C19H22ClN3O2.C16H18ClNO3.C9H13NO2.C8H10N2O2.C7H5ClO2.C4H7Br/c1-27-21(12-20(26-27)16-5-6-16)24(30)28(13-15-4-9-22(29)19(25)10-15)14-17-7-8-18(31-2)11-23(17)32-3;1-23-17(9-16(22-23)14-5-6-14)19(24)21-10-13-4-7-18(15(20)8-13)25-11-12-2-3-12;1-20-13-5-4-12(16(8-13)21-2)10-18-9-11-3-6-15(19)14(17)7-11;1-11-8-4-3-7(6-10)9(5-8)12-2;1-10-7(8(11)12)4-6(9-10)5-2-3-5;8-6-3-5(4-9)1-2-7(6)10;5-3-4-1-2-4/h4,7-12,16,29H,5-6,13-14H2,1-3H3;4,7-9,12,14H,2-3,5-6,10-11H2,1H3,(H,21,24);3-8,18-19H,9-10H2,1-2H3;3-5H,6,10H2,1-2H3;4-5H,2-3H2,1H3,(H,11,12);1-4,10H;4H,1-3H2. The minimum absolute atomic E-state index is 0.00540. The van der Waals surface area contributed by atoms with E-state index in [-0.39, 0.29) is 44.8 Å². The van der Waals surface area contributed by atoms with E-state index in [4.69, 9.17) is 95.5 Å². The van der Waals surface area contributed by atoms with E-state index in [1.54, 1.807) is 107 Å². The first kappa shape index (κ1) is 90.7. The van der Waals surface area contributed by atoms with Gasteiger partial charge in [-0.15, -0.1) is 0 Å². The summed E-state index contributed by atoms with van der Waals surface area (Å²) in [5.41, 5.74) is 15.9. The third-order valence-corrected chi connectivity index (χ3v) is 21.5. The van der Waals surface area contributed by atoms with Crippen molar-refractivity contribution in [3.8, 4) is 57.5 Å². The molecule has 5 aliphatic carbocycles. The monoisotopic (exact) mass is 1740 g/mol. The number of nitrogens with zero attached hydrogens (tertiary/aromatic N) is 7. The Kier molecular flexibility index (Phi) is 34.4. The van der Waals surface area contributed by atoms with Crippen LogP contribution in [-0.2, 0) is 60.4 Å². The lowest BCUT2D eigenvalue weighted by Gasteiger charge is -2.24. The van der Waals surface area contributed by atoms with Gasteiger partial charge in [-0.25, -0.2) is 4.79 Å². The molecule has 15 rings (SSSR count). The Morgan fingerprint density at radius 2 is 0.923 bits per heavy atom. The highest BCUT2D eigenvalue weighted by Gasteiger charge is 2.32. The second-order valence-electron chi connectivity index (χ2n) is 28.6. The summed E-state index contributed by atoms with van der Waals surface area (Å²) in [6.45, 7) is 3.56. The number of alkyl halides is 1. The third-order valence-electron chi connectivity index (χ3n) is 19.4. The van der Waals surface area contributed by atoms with Gasteiger partial charge in [0.15, 0.2) is 0 Å². The first-order valence-electron chi connectivity index (χ1n) is 38.1. The van der Waals surface area contributed by atoms with Crippen molar-refractivity contribution in [1.82, 2.24) is 44.9 Å². The van der Waals surface area contributed by atoms with E-state index < -0.39 is 5.97 Å². The summed E-state index contributed by atoms with van der Waals surface area (Å²) in [5.74, 6) is 7.30. The van der Waals surface area contributed by atoms with Gasteiger partial charge in [-0.2, -0.15) is 15.3 Å². The molecule has 0 saturated heterocycles. The summed E-state index contributed by atoms with van der Waals surface area (Å²) in [6.07, 6.45) is 13.0. The number of phenols is 3. The van der Waals surface area contributed by atoms with Crippen LogP contribution in [0.1, 0.15) is 174 Å². The minimum atomic E-state index is -0.906. The number of carbonyl (C=O) groups is 4. The number of carboxylic acid groups (broad SMARTS) is 1. The van der Waals surface area contributed by atoms with E-state index in [0.717, 1.165) is 112 Å². The average Bonchev–Trinajstić information content (AvgIpc) is 1.71. The molecule has 5 aliphatic rings. The number of ether oxygens (including phenoxy) is 7. The fourth-order valence-corrected chi connectivity index (χ4v) is 13.2. The van der Waals surface area contributed by atoms with Gasteiger partial charge in [-0.3, -0.25) is 28.4 Å². The lowest BCUT2D eigenvalue weighted by molar-refractivity contribution is 0.0682. The Labute approximate surface area is 710 Å². The van der Waals surface area contributed by atoms with Gasteiger partial charge in [-0.05, 0) is 190 Å². The molecule has 30 heteroatoms. The van der Waals surface area contributed by atoms with Crippen LogP contribution in [0.25, 0.3) is 0 Å². The van der Waals surface area contributed by atoms with E-state index in [2.05, 4.69) is 41.9 Å². The largest absolute Gasteiger partial charge is 0.506 e. The summed E-state index contributed by atoms with van der Waals surface area (Å²) in [4.78, 5) is 48.5. The van der Waals surface area contributed by atoms with Crippen molar-refractivity contribution in [3.05, 3.63) is 239 Å². The summed E-state index contributed by atoms with van der Waals surface area (Å²) in [6, 6.07) is 42.4. The molecule has 624 valence electrons. The molecular formula is C87H101BrCl4N10O15. The highest BCUT2D eigenvalue weighted by molar-refractivity contribution is 9.09. The average molecular weight is 1750 g/mol. The van der Waals surface area contributed by atoms with Crippen molar-refractivity contribution in [2.75, 3.05) is 54.6 Å². The maximum Gasteiger partial charge on any atom is 0.354 e. The fourth-order valence-electron chi connectivity index (χ4n) is 11.7. The number of halogens is 5. The number of aromatic hydroxyl groups is 3. The van der Waals surface area contributed by atoms with Crippen LogP contribution in [0.15, 0.2) is 146 Å². The molecule has 0 atom stereocenters. The normalized spacial score (nSPS) is 13.5. The Morgan fingerprint density at radius 3 is 1.38 bits per heavy atom. The van der Waals surface area contributed by atoms with Crippen molar-refractivity contribution >= 4 is 86.4 Å². The van der Waals surface area contributed by atoms with Crippen LogP contribution in [0, 0.1) is 11.8 Å². The molecule has 5 fully saturated rings. The first-order valence-corrected chi connectivity index (χ1v) is 40.7. The first-order chi connectivity index (χ1) is 56.3. The molecule has 3 heterocycles. The van der Waals surface area contributed by atoms with Gasteiger partial charge in [-0.1, -0.05) is 92.7 Å². The number of nitrogens with one attached hydrogen (secondary N) is 2. The summed E-state index contributed by atoms with van der Waals surface area (Å²) in [5, 5.41) is 58.7. The lowest BCUT2D eigenvalue weighted by Crippen LogP contribution is -2.31. The smallest absolute Gasteiger partial charge is 0.354 e. The number of rotatable bonds is 28. The Balaban J connectivity index is 0.000000165. The molecule has 0 radical (unpaired) electrons. The number of nitrogens with two attached hydrogens (primary N) is 1. The number of carboxylic acids is 1. The van der Waals surface area contributed by atoms with Crippen LogP contribution in [0.3, 0.4) is 0 Å². The SMILES string of the molecule is BrCC1CC1.COc1ccc(CN(Cc2ccc(O)c(Cl)c2)C(=O)c2cc(C3CC3)nn2C)c(OC)c1.COc1ccc(CN)c(OC)c1.COc1ccc(CNCc2ccc(O)c(Cl)c2)c(OC)c1.Cn1nc(C2CC2)cc1C(=O)NCc1ccc(OCC2CC2)c(Cl)c1.Cn1nc(C2CC2)cc1C(=O)O.O=Cc1ccc(O)c(Cl)c1. The van der Waals surface area contributed by atoms with E-state index in [0.29, 0.717) is 113 Å². The molecule has 2 amide bonds. The number of aromatic nitrogens is 6. The summed E-state index contributed by atoms with van der Waals surface area (Å²) < 4.78 is 42.0. The van der Waals surface area contributed by atoms with Crippen LogP contribution < -0.4 is 49.5 Å². The number of amides is 2. The second-order valence-corrected chi connectivity index (χ2v) is 30.8. The number of aldehydes is 1. The van der Waals surface area contributed by atoms with E-state index in [1.165, 1.54) is 72.8 Å². The second kappa shape index (κ2) is 44.4. The molecule has 8 N–H and O–H groups in total. The maximum atomic E-state index is 13.6. The van der Waals surface area contributed by atoms with Gasteiger partial charge in [0.2, 0.25) is 0 Å². The third kappa shape index (κ3) is 28.0. The predicted octanol–water partition coefficient (Wildman–Crippen LogP) is 17.3. The number of hydrogen-bond acceptors (Lipinski definition) is 19. The molecule has 0 unspecified atom stereocenters. The molecule has 117 heavy (non-hydrogen) atoms. The number of carbonyl (C=O) groups excluding carboxylic acids is 3. The van der Waals surface area contributed by atoms with E-state index in [9.17, 15) is 29.4 Å². The van der Waals surface area contributed by atoms with Crippen LogP contribution in [0.4, 0.5) is 0 Å². The van der Waals surface area contributed by atoms with Gasteiger partial charge in [0.05, 0.1) is 93.0 Å². The van der Waals surface area contributed by atoms with Crippen molar-refractivity contribution in [3.63, 3.8) is 0 Å². The zero-order valence-corrected chi connectivity index (χ0v) is 71.5. The molecule has 0 bridgehead atoms. The van der Waals surface area contributed by atoms with Crippen molar-refractivity contribution < 1.29 is 72.8 Å². The molecule has 25 nitrogen and oxygen atoms in total. The van der Waals surface area contributed by atoms with Gasteiger partial charge >= 0.3 is 5.97 Å². The Hall–Kier alpha value is -10.2. The summed E-state index contributed by atoms with van der Waals surface area (Å²) in [7, 11) is 15.0. The number of aryl methyl sites for hydroxylation is 3. The van der Waals surface area contributed by atoms with Crippen molar-refractivity contribution in [1.29, 1.82) is 0 Å². The highest BCUT2D eigenvalue weighted by Crippen LogP contribution is 2.42. The van der Waals surface area contributed by atoms with E-state index in [1.807, 2.05) is 92.0 Å². The van der Waals surface area contributed by atoms with Crippen LogP contribution in [0.2, 0.25) is 20.1 Å². The van der Waals surface area contributed by atoms with Gasteiger partial charge in [0.25, 0.3) is 11.8 Å². The molecule has 3 aromatic heterocycles. The predicted molar refractivity (Wildman–Crippen MR) is 455 cm³/mol. The number of methoxy groups -OCH3 is 6. The topological polar surface area (TPSA) is 321 Å². The van der Waals surface area contributed by atoms with Gasteiger partial charge < -0.3 is 74.9 Å². The van der Waals surface area contributed by atoms with Crippen molar-refractivity contribution in [2.45, 2.75) is 121 Å². The molecule has 10 aromatic rings. The Bertz CT molecular complexity index is 4980. The molecule has 7 aromatic carbocycles. The van der Waals surface area contributed by atoms with E-state index >= 15 is 0 Å².